The molecule has 0 fully saturated rings. The number of thioether (sulfide) groups is 1. The van der Waals surface area contributed by atoms with Crippen molar-refractivity contribution in [3.05, 3.63) is 46.1 Å². The Morgan fingerprint density at radius 1 is 1.27 bits per heavy atom. The maximum Gasteiger partial charge on any atom is 0.214 e. The Bertz CT molecular complexity index is 692. The van der Waals surface area contributed by atoms with Crippen LogP contribution in [0.3, 0.4) is 0 Å². The first-order chi connectivity index (χ1) is 10.5. The van der Waals surface area contributed by atoms with E-state index in [-0.39, 0.29) is 6.04 Å². The molecule has 0 spiro atoms. The van der Waals surface area contributed by atoms with E-state index in [9.17, 15) is 0 Å². The van der Waals surface area contributed by atoms with Crippen LogP contribution in [-0.4, -0.2) is 14.9 Å². The lowest BCUT2D eigenvalue weighted by Crippen LogP contribution is -2.25. The maximum absolute atomic E-state index is 6.26. The lowest BCUT2D eigenvalue weighted by Gasteiger charge is -2.21. The van der Waals surface area contributed by atoms with E-state index in [0.29, 0.717) is 5.92 Å². The number of nitrogens with zero attached hydrogens (tertiary/aromatic N) is 3. The molecule has 116 valence electrons. The van der Waals surface area contributed by atoms with Gasteiger partial charge in [-0.1, -0.05) is 49.3 Å². The van der Waals surface area contributed by atoms with E-state index >= 15 is 0 Å². The fraction of sp³-hybridized carbons (Fsp3) is 0.333. The second-order valence-corrected chi connectivity index (χ2v) is 6.95. The molecule has 1 aromatic heterocycles. The zero-order chi connectivity index (χ0) is 15.7. The maximum atomic E-state index is 6.26. The SMILES string of the molecule is CC(C)C[C@H](N)c1nnc2n1NC(c1ccc(Cl)cc1)=CS2. The van der Waals surface area contributed by atoms with Gasteiger partial charge < -0.3 is 5.73 Å². The monoisotopic (exact) mass is 335 g/mol. The third kappa shape index (κ3) is 3.14. The number of nitrogens with one attached hydrogen (secondary N) is 1. The van der Waals surface area contributed by atoms with Crippen molar-refractivity contribution in [3.63, 3.8) is 0 Å². The third-order valence-corrected chi connectivity index (χ3v) is 4.47. The van der Waals surface area contributed by atoms with E-state index in [1.807, 2.05) is 34.3 Å². The summed E-state index contributed by atoms with van der Waals surface area (Å²) in [6, 6.07) is 7.56. The molecule has 0 radical (unpaired) electrons. The lowest BCUT2D eigenvalue weighted by atomic mass is 10.0. The van der Waals surface area contributed by atoms with E-state index < -0.39 is 0 Å². The van der Waals surface area contributed by atoms with Crippen LogP contribution in [0.4, 0.5) is 0 Å². The molecule has 2 heterocycles. The van der Waals surface area contributed by atoms with Crippen LogP contribution in [0, 0.1) is 5.92 Å². The molecule has 2 aromatic rings. The highest BCUT2D eigenvalue weighted by Gasteiger charge is 2.22. The molecule has 1 aromatic carbocycles. The summed E-state index contributed by atoms with van der Waals surface area (Å²) in [4.78, 5) is 0. The smallest absolute Gasteiger partial charge is 0.214 e. The van der Waals surface area contributed by atoms with Gasteiger partial charge in [-0.3, -0.25) is 5.43 Å². The van der Waals surface area contributed by atoms with Crippen LogP contribution in [0.5, 0.6) is 0 Å². The van der Waals surface area contributed by atoms with Crippen LogP contribution in [0.25, 0.3) is 5.70 Å². The molecule has 5 nitrogen and oxygen atoms in total. The largest absolute Gasteiger partial charge is 0.321 e. The second kappa shape index (κ2) is 6.32. The van der Waals surface area contributed by atoms with Crippen molar-refractivity contribution in [1.82, 2.24) is 14.9 Å². The Balaban J connectivity index is 1.85. The summed E-state index contributed by atoms with van der Waals surface area (Å²) in [5, 5.41) is 12.0. The topological polar surface area (TPSA) is 68.8 Å². The molecule has 22 heavy (non-hydrogen) atoms. The van der Waals surface area contributed by atoms with E-state index in [1.54, 1.807) is 0 Å². The van der Waals surface area contributed by atoms with Gasteiger partial charge in [0, 0.05) is 16.0 Å². The van der Waals surface area contributed by atoms with Gasteiger partial charge in [0.25, 0.3) is 0 Å². The number of hydrogen-bond acceptors (Lipinski definition) is 5. The van der Waals surface area contributed by atoms with Crippen molar-refractivity contribution in [2.75, 3.05) is 5.43 Å². The van der Waals surface area contributed by atoms with Gasteiger partial charge in [0.15, 0.2) is 5.82 Å². The molecular formula is C15H18ClN5S. The fourth-order valence-electron chi connectivity index (χ4n) is 2.34. The van der Waals surface area contributed by atoms with Gasteiger partial charge in [0.2, 0.25) is 5.16 Å². The van der Waals surface area contributed by atoms with Crippen molar-refractivity contribution in [1.29, 1.82) is 0 Å². The predicted molar refractivity (Wildman–Crippen MR) is 91.1 cm³/mol. The number of fused-ring (bicyclic) bond motifs is 1. The average Bonchev–Trinajstić information content (AvgIpc) is 2.90. The van der Waals surface area contributed by atoms with Gasteiger partial charge in [-0.2, -0.15) is 0 Å². The molecule has 7 heteroatoms. The molecule has 3 N–H and O–H groups in total. The van der Waals surface area contributed by atoms with Crippen molar-refractivity contribution < 1.29 is 0 Å². The minimum absolute atomic E-state index is 0.140. The zero-order valence-electron chi connectivity index (χ0n) is 12.5. The standard InChI is InChI=1S/C15H18ClN5S/c1-9(2)7-12(17)14-18-19-15-21(14)20-13(8-22-15)10-3-5-11(16)6-4-10/h3-6,8-9,12,20H,7,17H2,1-2H3/t12-/m0/s1. The van der Waals surface area contributed by atoms with Crippen LogP contribution < -0.4 is 11.2 Å². The Hall–Kier alpha value is -1.50. The molecule has 0 amide bonds. The highest BCUT2D eigenvalue weighted by molar-refractivity contribution is 8.02. The Labute approximate surface area is 138 Å². The van der Waals surface area contributed by atoms with Crippen molar-refractivity contribution >= 4 is 29.1 Å². The molecule has 0 aliphatic carbocycles. The van der Waals surface area contributed by atoms with Gasteiger partial charge in [-0.15, -0.1) is 10.2 Å². The van der Waals surface area contributed by atoms with Gasteiger partial charge in [0.05, 0.1) is 11.7 Å². The van der Waals surface area contributed by atoms with Gasteiger partial charge >= 0.3 is 0 Å². The van der Waals surface area contributed by atoms with Gasteiger partial charge in [-0.05, 0) is 24.5 Å². The van der Waals surface area contributed by atoms with Crippen LogP contribution in [0.2, 0.25) is 5.02 Å². The van der Waals surface area contributed by atoms with Crippen LogP contribution in [-0.2, 0) is 0 Å². The lowest BCUT2D eigenvalue weighted by molar-refractivity contribution is 0.483. The van der Waals surface area contributed by atoms with E-state index in [1.165, 1.54) is 11.8 Å². The quantitative estimate of drug-likeness (QED) is 0.893. The minimum atomic E-state index is -0.140. The normalized spacial score (nSPS) is 15.2. The molecule has 0 saturated heterocycles. The Morgan fingerprint density at radius 3 is 2.68 bits per heavy atom. The number of aromatic nitrogens is 3. The average molecular weight is 336 g/mol. The number of benzene rings is 1. The zero-order valence-corrected chi connectivity index (χ0v) is 14.0. The summed E-state index contributed by atoms with van der Waals surface area (Å²) in [5.74, 6) is 1.27. The molecule has 3 rings (SSSR count). The fourth-order valence-corrected chi connectivity index (χ4v) is 3.21. The first kappa shape index (κ1) is 15.4. The molecule has 1 aliphatic rings. The molecule has 0 saturated carbocycles. The summed E-state index contributed by atoms with van der Waals surface area (Å²) in [5.41, 5.74) is 11.6. The summed E-state index contributed by atoms with van der Waals surface area (Å²) < 4.78 is 1.88. The number of halogens is 1. The Kier molecular flexibility index (Phi) is 4.42. The number of rotatable bonds is 4. The highest BCUT2D eigenvalue weighted by Crippen LogP contribution is 2.30. The first-order valence-corrected chi connectivity index (χ1v) is 8.41. The molecule has 0 bridgehead atoms. The molecule has 1 atom stereocenters. The van der Waals surface area contributed by atoms with E-state index in [0.717, 1.165) is 33.7 Å². The predicted octanol–water partition coefficient (Wildman–Crippen LogP) is 3.63. The van der Waals surface area contributed by atoms with E-state index in [4.69, 9.17) is 17.3 Å². The van der Waals surface area contributed by atoms with Crippen molar-refractivity contribution in [2.24, 2.45) is 11.7 Å². The van der Waals surface area contributed by atoms with Crippen molar-refractivity contribution in [2.45, 2.75) is 31.5 Å². The molecule has 0 unspecified atom stereocenters. The molecular weight excluding hydrogens is 318 g/mol. The number of hydrogen-bond donors (Lipinski definition) is 2. The van der Waals surface area contributed by atoms with E-state index in [2.05, 4.69) is 29.5 Å². The first-order valence-electron chi connectivity index (χ1n) is 7.15. The van der Waals surface area contributed by atoms with Crippen LogP contribution >= 0.6 is 23.4 Å². The molecule has 1 aliphatic heterocycles. The number of nitrogens with two attached hydrogens (primary N) is 1. The summed E-state index contributed by atoms with van der Waals surface area (Å²) in [6.07, 6.45) is 0.866. The summed E-state index contributed by atoms with van der Waals surface area (Å²) >= 11 is 7.47. The van der Waals surface area contributed by atoms with Crippen LogP contribution in [0.1, 0.15) is 37.7 Å². The van der Waals surface area contributed by atoms with Crippen LogP contribution in [0.15, 0.2) is 34.8 Å². The highest BCUT2D eigenvalue weighted by atomic mass is 35.5. The third-order valence-electron chi connectivity index (χ3n) is 3.39. The Morgan fingerprint density at radius 2 is 2.00 bits per heavy atom. The minimum Gasteiger partial charge on any atom is -0.321 e. The van der Waals surface area contributed by atoms with Gasteiger partial charge in [0.1, 0.15) is 0 Å². The van der Waals surface area contributed by atoms with Crippen molar-refractivity contribution in [3.8, 4) is 0 Å². The second-order valence-electron chi connectivity index (χ2n) is 5.68. The summed E-state index contributed by atoms with van der Waals surface area (Å²) in [6.45, 7) is 4.29. The van der Waals surface area contributed by atoms with Gasteiger partial charge in [-0.25, -0.2) is 4.68 Å². The summed E-state index contributed by atoms with van der Waals surface area (Å²) in [7, 11) is 0.